The molecule has 61 heavy (non-hydrogen) atoms. The van der Waals surface area contributed by atoms with E-state index in [1.54, 1.807) is 36.3 Å². The molecule has 2 aliphatic heterocycles. The number of aliphatic carboxylic acids is 1. The van der Waals surface area contributed by atoms with Crippen molar-refractivity contribution in [3.8, 4) is 11.5 Å². The number of amides is 4. The maximum Gasteiger partial charge on any atom is 0.411 e. The number of aliphatic hydroxyl groups is 3. The molecule has 19 heteroatoms. The van der Waals surface area contributed by atoms with E-state index >= 15 is 0 Å². The number of carboxylic acid groups (broad SMARTS) is 1. The minimum absolute atomic E-state index is 0.0134. The molecule has 6 rings (SSSR count). The molecule has 322 valence electrons. The first-order valence-corrected chi connectivity index (χ1v) is 20.5. The molecule has 1 fully saturated rings. The zero-order chi connectivity index (χ0) is 43.8. The summed E-state index contributed by atoms with van der Waals surface area (Å²) in [5, 5.41) is 49.8. The van der Waals surface area contributed by atoms with Crippen LogP contribution in [0.2, 0.25) is 0 Å². The lowest BCUT2D eigenvalue weighted by molar-refractivity contribution is -0.271. The van der Waals surface area contributed by atoms with Crippen LogP contribution in [0.5, 0.6) is 11.5 Å². The van der Waals surface area contributed by atoms with Crippen molar-refractivity contribution in [1.82, 2.24) is 5.32 Å². The second-order valence-corrected chi connectivity index (χ2v) is 14.8. The standard InChI is InChI=1S/C42H42BrClN4O13/c1-58-25-10-6-22(7-11-25)9-13-34(51)48-20-24(19-44)35-27-5-3-2-4-26(27)28(17-30(35)48)47-42(57)59-21-23-8-12-31(29(16-23)46-32(49)14-15-45-33(50)18-43)60-41-38(54)36(52)37(53)39(61-41)40(55)56/h2-13,16-17,24,36-39,41,52-54H,14-15,18-21H2,1H3,(H,45,50)(H,46,49)(H,47,57)(H,55,56)/b13-9+/t24?,36-,37-,38+,39-,41+/m0/s1. The van der Waals surface area contributed by atoms with E-state index in [9.17, 15) is 44.4 Å². The number of benzene rings is 4. The summed E-state index contributed by atoms with van der Waals surface area (Å²) < 4.78 is 21.8. The number of fused-ring (bicyclic) bond motifs is 3. The van der Waals surface area contributed by atoms with Crippen LogP contribution in [0.4, 0.5) is 21.9 Å². The zero-order valence-electron chi connectivity index (χ0n) is 32.5. The van der Waals surface area contributed by atoms with Gasteiger partial charge in [0.25, 0.3) is 5.91 Å². The fraction of sp³-hybridized carbons (Fsp3) is 0.310. The Hall–Kier alpha value is -5.76. The first-order valence-electron chi connectivity index (χ1n) is 18.8. The van der Waals surface area contributed by atoms with Gasteiger partial charge in [-0.1, -0.05) is 58.4 Å². The number of carbonyl (C=O) groups excluding carboxylic acids is 4. The number of ether oxygens (including phenoxy) is 4. The van der Waals surface area contributed by atoms with Gasteiger partial charge in [-0.3, -0.25) is 19.7 Å². The highest BCUT2D eigenvalue weighted by molar-refractivity contribution is 9.09. The summed E-state index contributed by atoms with van der Waals surface area (Å²) >= 11 is 9.46. The maximum atomic E-state index is 13.6. The highest BCUT2D eigenvalue weighted by atomic mass is 79.9. The molecule has 4 aromatic carbocycles. The lowest BCUT2D eigenvalue weighted by Gasteiger charge is -2.38. The highest BCUT2D eigenvalue weighted by Crippen LogP contribution is 2.45. The van der Waals surface area contributed by atoms with Gasteiger partial charge >= 0.3 is 12.1 Å². The van der Waals surface area contributed by atoms with Crippen LogP contribution < -0.4 is 30.3 Å². The van der Waals surface area contributed by atoms with Gasteiger partial charge in [0, 0.05) is 42.8 Å². The molecule has 0 bridgehead atoms. The van der Waals surface area contributed by atoms with E-state index in [0.29, 0.717) is 34.6 Å². The first kappa shape index (κ1) is 44.8. The van der Waals surface area contributed by atoms with Crippen LogP contribution in [-0.2, 0) is 35.3 Å². The molecule has 0 aliphatic carbocycles. The Balaban J connectivity index is 1.21. The topological polar surface area (TPSA) is 243 Å². The number of aliphatic hydroxyl groups excluding tert-OH is 3. The Morgan fingerprint density at radius 3 is 2.34 bits per heavy atom. The molecule has 2 heterocycles. The number of methoxy groups -OCH3 is 1. The van der Waals surface area contributed by atoms with E-state index in [2.05, 4.69) is 31.9 Å². The van der Waals surface area contributed by atoms with Crippen molar-refractivity contribution in [3.05, 3.63) is 95.6 Å². The highest BCUT2D eigenvalue weighted by Gasteiger charge is 2.48. The lowest BCUT2D eigenvalue weighted by atomic mass is 9.95. The number of carbonyl (C=O) groups is 5. The molecular formula is C42H42BrClN4O13. The van der Waals surface area contributed by atoms with Crippen LogP contribution in [0.15, 0.2) is 78.9 Å². The molecule has 4 amide bonds. The van der Waals surface area contributed by atoms with Gasteiger partial charge in [0.15, 0.2) is 6.10 Å². The van der Waals surface area contributed by atoms with Crippen molar-refractivity contribution in [3.63, 3.8) is 0 Å². The number of rotatable bonds is 15. The number of carboxylic acids is 1. The molecule has 1 unspecified atom stereocenters. The molecule has 0 radical (unpaired) electrons. The van der Waals surface area contributed by atoms with Crippen LogP contribution >= 0.6 is 27.5 Å². The number of nitrogens with zero attached hydrogens (tertiary/aromatic N) is 1. The molecule has 6 atom stereocenters. The van der Waals surface area contributed by atoms with Gasteiger partial charge in [0.05, 0.1) is 29.5 Å². The Kier molecular flexibility index (Phi) is 14.8. The molecule has 4 aromatic rings. The summed E-state index contributed by atoms with van der Waals surface area (Å²) in [6.45, 7) is -0.0234. The normalized spacial score (nSPS) is 20.8. The van der Waals surface area contributed by atoms with Crippen molar-refractivity contribution < 1.29 is 63.3 Å². The average Bonchev–Trinajstić information content (AvgIpc) is 3.64. The SMILES string of the molecule is COc1ccc(/C=C/C(=O)N2CC(CCl)c3c2cc(NC(=O)OCc2ccc(O[C@@H]4O[C@H](C(=O)O)[C@@H](O)[C@H](O)[C@H]4O)c(NC(=O)CCNC(=O)CBr)c2)c2ccccc32)cc1. The van der Waals surface area contributed by atoms with Crippen molar-refractivity contribution in [2.45, 2.75) is 49.7 Å². The van der Waals surface area contributed by atoms with Crippen molar-refractivity contribution in [1.29, 1.82) is 0 Å². The molecule has 0 aromatic heterocycles. The number of hydrogen-bond donors (Lipinski definition) is 7. The molecule has 0 saturated carbocycles. The van der Waals surface area contributed by atoms with Crippen LogP contribution in [0.3, 0.4) is 0 Å². The lowest BCUT2D eigenvalue weighted by Crippen LogP contribution is -2.61. The van der Waals surface area contributed by atoms with Gasteiger partial charge < -0.3 is 54.9 Å². The molecular weight excluding hydrogens is 884 g/mol. The van der Waals surface area contributed by atoms with Crippen LogP contribution in [-0.4, -0.2) is 112 Å². The van der Waals surface area contributed by atoms with Gasteiger partial charge in [0.2, 0.25) is 18.1 Å². The Bertz CT molecular complexity index is 2310. The third-order valence-electron chi connectivity index (χ3n) is 9.93. The number of anilines is 3. The molecule has 0 spiro atoms. The van der Waals surface area contributed by atoms with E-state index < -0.39 is 48.7 Å². The van der Waals surface area contributed by atoms with E-state index in [0.717, 1.165) is 16.5 Å². The summed E-state index contributed by atoms with van der Waals surface area (Å²) in [4.78, 5) is 64.9. The van der Waals surface area contributed by atoms with E-state index in [-0.39, 0.29) is 60.0 Å². The van der Waals surface area contributed by atoms with Gasteiger partial charge in [-0.25, -0.2) is 9.59 Å². The number of alkyl halides is 2. The third kappa shape index (κ3) is 10.6. The molecule has 2 aliphatic rings. The zero-order valence-corrected chi connectivity index (χ0v) is 34.8. The smallest absolute Gasteiger partial charge is 0.411 e. The number of nitrogens with one attached hydrogen (secondary N) is 3. The second kappa shape index (κ2) is 20.2. The summed E-state index contributed by atoms with van der Waals surface area (Å²) in [5.41, 5.74) is 2.94. The van der Waals surface area contributed by atoms with Crippen LogP contribution in [0.25, 0.3) is 16.8 Å². The molecule has 17 nitrogen and oxygen atoms in total. The Morgan fingerprint density at radius 1 is 0.918 bits per heavy atom. The Morgan fingerprint density at radius 2 is 1.66 bits per heavy atom. The summed E-state index contributed by atoms with van der Waals surface area (Å²) in [6.07, 6.45) is -7.38. The van der Waals surface area contributed by atoms with Crippen LogP contribution in [0.1, 0.15) is 29.0 Å². The summed E-state index contributed by atoms with van der Waals surface area (Å²) in [7, 11) is 1.57. The largest absolute Gasteiger partial charge is 0.497 e. The minimum atomic E-state index is -1.96. The van der Waals surface area contributed by atoms with E-state index in [1.165, 1.54) is 24.3 Å². The monoisotopic (exact) mass is 924 g/mol. The third-order valence-corrected chi connectivity index (χ3v) is 10.8. The summed E-state index contributed by atoms with van der Waals surface area (Å²) in [5.74, 6) is -2.21. The van der Waals surface area contributed by atoms with Gasteiger partial charge in [-0.2, -0.15) is 0 Å². The second-order valence-electron chi connectivity index (χ2n) is 14.0. The van der Waals surface area contributed by atoms with Crippen molar-refractivity contribution >= 4 is 91.2 Å². The molecule has 1 saturated heterocycles. The predicted molar refractivity (Wildman–Crippen MR) is 227 cm³/mol. The first-order chi connectivity index (χ1) is 29.3. The van der Waals surface area contributed by atoms with Crippen molar-refractivity contribution in [2.24, 2.45) is 0 Å². The molecule has 7 N–H and O–H groups in total. The van der Waals surface area contributed by atoms with Gasteiger partial charge in [0.1, 0.15) is 36.4 Å². The number of hydrogen-bond acceptors (Lipinski definition) is 12. The minimum Gasteiger partial charge on any atom is -0.497 e. The average molecular weight is 926 g/mol. The van der Waals surface area contributed by atoms with E-state index in [4.69, 9.17) is 30.5 Å². The maximum absolute atomic E-state index is 13.6. The Labute approximate surface area is 362 Å². The number of halogens is 2. The fourth-order valence-electron chi connectivity index (χ4n) is 6.87. The summed E-state index contributed by atoms with van der Waals surface area (Å²) in [6, 6.07) is 20.5. The van der Waals surface area contributed by atoms with Gasteiger partial charge in [-0.05, 0) is 58.5 Å². The van der Waals surface area contributed by atoms with E-state index in [1.807, 2.05) is 36.4 Å². The van der Waals surface area contributed by atoms with Crippen LogP contribution in [0, 0.1) is 0 Å². The van der Waals surface area contributed by atoms with Gasteiger partial charge in [-0.15, -0.1) is 11.6 Å². The predicted octanol–water partition coefficient (Wildman–Crippen LogP) is 4.09. The van der Waals surface area contributed by atoms with Crippen molar-refractivity contribution in [2.75, 3.05) is 46.9 Å². The quantitative estimate of drug-likeness (QED) is 0.0658. The fourth-order valence-corrected chi connectivity index (χ4v) is 7.32.